The van der Waals surface area contributed by atoms with Gasteiger partial charge in [0.2, 0.25) is 0 Å². The van der Waals surface area contributed by atoms with Gasteiger partial charge in [0.25, 0.3) is 0 Å². The average Bonchev–Trinajstić information content (AvgIpc) is 2.30. The molecule has 0 radical (unpaired) electrons. The van der Waals surface area contributed by atoms with Crippen molar-refractivity contribution in [1.82, 2.24) is 20.0 Å². The number of rotatable bonds is 8. The number of hydrogen-bond acceptors (Lipinski definition) is 8. The Morgan fingerprint density at radius 1 is 0.667 bits per heavy atom. The van der Waals surface area contributed by atoms with Gasteiger partial charge in [-0.3, -0.25) is 23.4 Å². The molecule has 1 heterocycles. The molecule has 0 spiro atoms. The van der Waals surface area contributed by atoms with Crippen LogP contribution in [0.5, 0.6) is 0 Å². The molecule has 108 valence electrons. The van der Waals surface area contributed by atoms with Gasteiger partial charge in [-0.1, -0.05) is 0 Å². The smallest absolute Gasteiger partial charge is 0.0295 e. The molecular formula is C10H28N8. The summed E-state index contributed by atoms with van der Waals surface area (Å²) >= 11 is 0. The van der Waals surface area contributed by atoms with Crippen molar-refractivity contribution in [2.45, 2.75) is 12.8 Å². The van der Waals surface area contributed by atoms with Gasteiger partial charge < -0.3 is 9.80 Å². The van der Waals surface area contributed by atoms with Gasteiger partial charge in [-0.05, 0) is 25.9 Å². The van der Waals surface area contributed by atoms with Crippen molar-refractivity contribution in [2.75, 3.05) is 52.4 Å². The number of piperazine rings is 1. The first kappa shape index (κ1) is 15.7. The van der Waals surface area contributed by atoms with Crippen LogP contribution in [0.15, 0.2) is 0 Å². The number of nitrogens with two attached hydrogens (primary N) is 4. The summed E-state index contributed by atoms with van der Waals surface area (Å²) in [7, 11) is 0. The van der Waals surface area contributed by atoms with E-state index in [-0.39, 0.29) is 0 Å². The van der Waals surface area contributed by atoms with E-state index >= 15 is 0 Å². The molecule has 8 N–H and O–H groups in total. The number of nitrogens with zero attached hydrogens (tertiary/aromatic N) is 4. The summed E-state index contributed by atoms with van der Waals surface area (Å²) in [4.78, 5) is 4.91. The molecule has 18 heavy (non-hydrogen) atoms. The van der Waals surface area contributed by atoms with Gasteiger partial charge in [0, 0.05) is 39.3 Å². The van der Waals surface area contributed by atoms with Crippen LogP contribution in [0.3, 0.4) is 0 Å². The molecule has 0 atom stereocenters. The molecule has 1 aliphatic heterocycles. The van der Waals surface area contributed by atoms with E-state index in [1.807, 2.05) is 0 Å². The van der Waals surface area contributed by atoms with Crippen molar-refractivity contribution in [1.29, 1.82) is 0 Å². The molecule has 8 nitrogen and oxygen atoms in total. The Hall–Kier alpha value is -0.320. The van der Waals surface area contributed by atoms with Crippen molar-refractivity contribution in [3.63, 3.8) is 0 Å². The topological polar surface area (TPSA) is 117 Å². The average molecular weight is 260 g/mol. The zero-order valence-electron chi connectivity index (χ0n) is 11.2. The van der Waals surface area contributed by atoms with Crippen molar-refractivity contribution >= 4 is 0 Å². The fourth-order valence-electron chi connectivity index (χ4n) is 2.19. The maximum Gasteiger partial charge on any atom is 0.0295 e. The molecule has 1 rings (SSSR count). The van der Waals surface area contributed by atoms with Crippen LogP contribution in [0.2, 0.25) is 0 Å². The van der Waals surface area contributed by atoms with Gasteiger partial charge in [-0.2, -0.15) is 10.2 Å². The largest absolute Gasteiger partial charge is 0.301 e. The Morgan fingerprint density at radius 2 is 1.00 bits per heavy atom. The summed E-state index contributed by atoms with van der Waals surface area (Å²) in [5.74, 6) is 21.5. The van der Waals surface area contributed by atoms with Crippen molar-refractivity contribution in [3.05, 3.63) is 0 Å². The fourth-order valence-corrected chi connectivity index (χ4v) is 2.19. The Labute approximate surface area is 109 Å². The van der Waals surface area contributed by atoms with E-state index in [1.165, 1.54) is 10.2 Å². The third-order valence-electron chi connectivity index (χ3n) is 3.25. The maximum atomic E-state index is 5.37. The molecule has 0 aromatic rings. The summed E-state index contributed by atoms with van der Waals surface area (Å²) < 4.78 is 0. The van der Waals surface area contributed by atoms with Crippen LogP contribution in [0.25, 0.3) is 0 Å². The van der Waals surface area contributed by atoms with E-state index in [2.05, 4.69) is 9.80 Å². The standard InChI is InChI=1S/C10H28N8/c11-17(12)5-1-3-15-7-9-16(10-8-15)4-2-6-18(13)14/h1-14H2. The lowest BCUT2D eigenvalue weighted by molar-refractivity contribution is 0.121. The first-order valence-corrected chi connectivity index (χ1v) is 6.56. The van der Waals surface area contributed by atoms with Gasteiger partial charge in [0.05, 0.1) is 0 Å². The first-order valence-electron chi connectivity index (χ1n) is 6.56. The third kappa shape index (κ3) is 7.19. The van der Waals surface area contributed by atoms with Crippen molar-refractivity contribution < 1.29 is 0 Å². The molecule has 0 amide bonds. The summed E-state index contributed by atoms with van der Waals surface area (Å²) in [6, 6.07) is 0. The molecule has 0 unspecified atom stereocenters. The molecule has 0 aromatic heterocycles. The summed E-state index contributed by atoms with van der Waals surface area (Å²) in [6.07, 6.45) is 2.03. The Kier molecular flexibility index (Phi) is 7.63. The second-order valence-corrected chi connectivity index (χ2v) is 4.87. The highest BCUT2D eigenvalue weighted by atomic mass is 15.6. The predicted octanol–water partition coefficient (Wildman–Crippen LogP) is -2.52. The van der Waals surface area contributed by atoms with E-state index < -0.39 is 0 Å². The summed E-state index contributed by atoms with van der Waals surface area (Å²) in [6.45, 7) is 8.07. The van der Waals surface area contributed by atoms with Crippen LogP contribution < -0.4 is 23.4 Å². The highest BCUT2D eigenvalue weighted by molar-refractivity contribution is 4.72. The number of hydrazine groups is 4. The lowest BCUT2D eigenvalue weighted by Crippen LogP contribution is -2.48. The van der Waals surface area contributed by atoms with Gasteiger partial charge in [-0.25, -0.2) is 0 Å². The Bertz CT molecular complexity index is 180. The summed E-state index contributed by atoms with van der Waals surface area (Å²) in [5.41, 5.74) is 0. The van der Waals surface area contributed by atoms with Crippen LogP contribution in [0.1, 0.15) is 12.8 Å². The minimum absolute atomic E-state index is 0.739. The fraction of sp³-hybridized carbons (Fsp3) is 1.00. The van der Waals surface area contributed by atoms with Crippen molar-refractivity contribution in [3.8, 4) is 0 Å². The molecule has 0 bridgehead atoms. The molecule has 1 saturated heterocycles. The van der Waals surface area contributed by atoms with Crippen LogP contribution in [-0.4, -0.2) is 72.4 Å². The molecule has 8 heteroatoms. The third-order valence-corrected chi connectivity index (χ3v) is 3.25. The van der Waals surface area contributed by atoms with E-state index in [4.69, 9.17) is 23.4 Å². The maximum absolute atomic E-state index is 5.37. The molecule has 0 aliphatic carbocycles. The second-order valence-electron chi connectivity index (χ2n) is 4.87. The lowest BCUT2D eigenvalue weighted by atomic mass is 10.2. The molecule has 1 fully saturated rings. The monoisotopic (exact) mass is 260 g/mol. The second kappa shape index (κ2) is 8.73. The van der Waals surface area contributed by atoms with Crippen LogP contribution in [-0.2, 0) is 0 Å². The number of hydrogen-bond donors (Lipinski definition) is 4. The van der Waals surface area contributed by atoms with Crippen molar-refractivity contribution in [2.24, 2.45) is 23.4 Å². The highest BCUT2D eigenvalue weighted by Crippen LogP contribution is 2.03. The zero-order chi connectivity index (χ0) is 13.4. The van der Waals surface area contributed by atoms with Crippen LogP contribution in [0.4, 0.5) is 0 Å². The molecule has 0 saturated carbocycles. The van der Waals surface area contributed by atoms with Crippen LogP contribution >= 0.6 is 0 Å². The minimum atomic E-state index is 0.739. The minimum Gasteiger partial charge on any atom is -0.301 e. The van der Waals surface area contributed by atoms with Gasteiger partial charge in [0.1, 0.15) is 0 Å². The van der Waals surface area contributed by atoms with E-state index in [1.54, 1.807) is 0 Å². The van der Waals surface area contributed by atoms with Gasteiger partial charge in [-0.15, -0.1) is 0 Å². The van der Waals surface area contributed by atoms with E-state index in [0.717, 1.165) is 65.2 Å². The first-order chi connectivity index (χ1) is 8.58. The van der Waals surface area contributed by atoms with Gasteiger partial charge in [0.15, 0.2) is 0 Å². The highest BCUT2D eigenvalue weighted by Gasteiger charge is 2.15. The van der Waals surface area contributed by atoms with E-state index in [0.29, 0.717) is 0 Å². The molecule has 0 aromatic carbocycles. The zero-order valence-corrected chi connectivity index (χ0v) is 11.2. The Morgan fingerprint density at radius 3 is 1.28 bits per heavy atom. The Balaban J connectivity index is 2.02. The van der Waals surface area contributed by atoms with Gasteiger partial charge >= 0.3 is 0 Å². The molecule has 1 aliphatic rings. The quantitative estimate of drug-likeness (QED) is 0.279. The lowest BCUT2D eigenvalue weighted by Gasteiger charge is -2.35. The van der Waals surface area contributed by atoms with Crippen LogP contribution in [0, 0.1) is 0 Å². The predicted molar refractivity (Wildman–Crippen MR) is 72.3 cm³/mol. The normalized spacial score (nSPS) is 19.0. The van der Waals surface area contributed by atoms with E-state index in [9.17, 15) is 0 Å². The summed E-state index contributed by atoms with van der Waals surface area (Å²) in [5, 5.41) is 2.50. The molecular weight excluding hydrogens is 232 g/mol. The SMILES string of the molecule is NN(N)CCCN1CCN(CCCN(N)N)CC1.